The second kappa shape index (κ2) is 11.7. The quantitative estimate of drug-likeness (QED) is 0.271. The molecule has 12 nitrogen and oxygen atoms in total. The summed E-state index contributed by atoms with van der Waals surface area (Å²) in [5.41, 5.74) is -0.466. The highest BCUT2D eigenvalue weighted by Crippen LogP contribution is 2.52. The number of ether oxygens (including phenoxy) is 1. The number of carbonyl (C=O) groups excluding carboxylic acids is 2. The molecule has 4 atom stereocenters. The fourth-order valence-electron chi connectivity index (χ4n) is 4.86. The molecular formula is C22H32FN3O9. The fourth-order valence-corrected chi connectivity index (χ4v) is 4.86. The van der Waals surface area contributed by atoms with Crippen molar-refractivity contribution >= 4 is 23.8 Å². The van der Waals surface area contributed by atoms with Gasteiger partial charge in [0.1, 0.15) is 12.2 Å². The highest BCUT2D eigenvalue weighted by atomic mass is 19.1. The van der Waals surface area contributed by atoms with Crippen molar-refractivity contribution in [1.29, 1.82) is 5.26 Å². The van der Waals surface area contributed by atoms with Crippen molar-refractivity contribution in [3.05, 3.63) is 0 Å². The molecule has 0 aromatic carbocycles. The third-order valence-electron chi connectivity index (χ3n) is 7.09. The Hall–Kier alpha value is -2.82. The minimum Gasteiger partial charge on any atom is -0.479 e. The maximum atomic E-state index is 13.5. The van der Waals surface area contributed by atoms with Gasteiger partial charge in [0.05, 0.1) is 31.2 Å². The number of aliphatic carboxylic acids is 2. The first-order chi connectivity index (χ1) is 16.4. The molecule has 2 bridgehead atoms. The van der Waals surface area contributed by atoms with Crippen LogP contribution >= 0.6 is 0 Å². The number of alkyl halides is 1. The first-order valence-corrected chi connectivity index (χ1v) is 11.5. The second-order valence-electron chi connectivity index (χ2n) is 9.22. The summed E-state index contributed by atoms with van der Waals surface area (Å²) >= 11 is 0. The Morgan fingerprint density at radius 1 is 1.09 bits per heavy atom. The molecule has 35 heavy (non-hydrogen) atoms. The van der Waals surface area contributed by atoms with Gasteiger partial charge in [0.2, 0.25) is 5.91 Å². The predicted molar refractivity (Wildman–Crippen MR) is 115 cm³/mol. The number of carboxylic acid groups (broad SMARTS) is 2. The molecule has 0 spiro atoms. The second-order valence-corrected chi connectivity index (χ2v) is 9.22. The number of amides is 1. The summed E-state index contributed by atoms with van der Waals surface area (Å²) in [6, 6.07) is 1.35. The molecule has 4 fully saturated rings. The monoisotopic (exact) mass is 501 g/mol. The first kappa shape index (κ1) is 28.4. The Labute approximate surface area is 201 Å². The topological polar surface area (TPSA) is 197 Å². The summed E-state index contributed by atoms with van der Waals surface area (Å²) < 4.78 is 18.7. The van der Waals surface area contributed by atoms with Crippen LogP contribution in [0.1, 0.15) is 51.9 Å². The van der Waals surface area contributed by atoms with Gasteiger partial charge < -0.3 is 35.4 Å². The molecule has 13 heteroatoms. The number of hydrogen-bond donors (Lipinski definition) is 5. The lowest BCUT2D eigenvalue weighted by Gasteiger charge is -2.52. The zero-order valence-electron chi connectivity index (χ0n) is 19.5. The van der Waals surface area contributed by atoms with Gasteiger partial charge in [-0.3, -0.25) is 9.59 Å². The highest BCUT2D eigenvalue weighted by molar-refractivity contribution is 5.83. The van der Waals surface area contributed by atoms with E-state index in [4.69, 9.17) is 30.4 Å². The van der Waals surface area contributed by atoms with Crippen LogP contribution in [0.5, 0.6) is 0 Å². The van der Waals surface area contributed by atoms with E-state index in [1.54, 1.807) is 0 Å². The van der Waals surface area contributed by atoms with Gasteiger partial charge in [-0.1, -0.05) is 0 Å². The zero-order chi connectivity index (χ0) is 26.4. The number of halogens is 1. The highest BCUT2D eigenvalue weighted by Gasteiger charge is 2.53. The van der Waals surface area contributed by atoms with Crippen molar-refractivity contribution in [2.24, 2.45) is 5.41 Å². The van der Waals surface area contributed by atoms with Gasteiger partial charge in [-0.2, -0.15) is 5.26 Å². The maximum Gasteiger partial charge on any atom is 0.335 e. The lowest BCUT2D eigenvalue weighted by atomic mass is 9.57. The molecule has 0 radical (unpaired) electrons. The number of likely N-dealkylation sites (tertiary alicyclic amines) is 1. The van der Waals surface area contributed by atoms with E-state index in [1.165, 1.54) is 4.90 Å². The van der Waals surface area contributed by atoms with Gasteiger partial charge in [-0.05, 0) is 45.4 Å². The molecule has 1 heterocycles. The number of carbonyl (C=O) groups is 4. The van der Waals surface area contributed by atoms with Crippen molar-refractivity contribution in [2.45, 2.75) is 81.8 Å². The van der Waals surface area contributed by atoms with E-state index in [2.05, 4.69) is 5.32 Å². The van der Waals surface area contributed by atoms with Crippen LogP contribution in [-0.4, -0.2) is 98.8 Å². The van der Waals surface area contributed by atoms with Crippen molar-refractivity contribution < 1.29 is 48.7 Å². The summed E-state index contributed by atoms with van der Waals surface area (Å²) in [5, 5.41) is 45.0. The number of fused-ring (bicyclic) bond motifs is 3. The molecule has 4 rings (SSSR count). The number of esters is 1. The maximum absolute atomic E-state index is 13.5. The van der Waals surface area contributed by atoms with Crippen molar-refractivity contribution in [1.82, 2.24) is 10.2 Å². The molecule has 196 valence electrons. The standard InChI is InChI=1S/C18H26FN3O3.C4H6O6/c1-2-25-16(24)17-3-6-18(7-4-17,8-5-17)21-11-15(23)22-12-13(19)9-14(22)10-20;5-1(3(7)8)2(6)4(9)10/h13-14,21H,2-9,11-12H2,1H3;1-2,5-6H,(H,7,8)(H,9,10)/t13-,14-,17?,18?;1-,2-/m01/s1. The van der Waals surface area contributed by atoms with Gasteiger partial charge in [0, 0.05) is 12.0 Å². The minimum absolute atomic E-state index is 0.0116. The smallest absolute Gasteiger partial charge is 0.335 e. The molecule has 5 N–H and O–H groups in total. The number of nitrogens with one attached hydrogen (secondary N) is 1. The van der Waals surface area contributed by atoms with E-state index in [0.29, 0.717) is 6.61 Å². The van der Waals surface area contributed by atoms with Gasteiger partial charge in [0.25, 0.3) is 0 Å². The summed E-state index contributed by atoms with van der Waals surface area (Å²) in [6.07, 6.45) is -0.671. The molecule has 3 saturated carbocycles. The van der Waals surface area contributed by atoms with Crippen molar-refractivity contribution in [3.63, 3.8) is 0 Å². The summed E-state index contributed by atoms with van der Waals surface area (Å²) in [7, 11) is 0. The van der Waals surface area contributed by atoms with E-state index in [9.17, 15) is 23.6 Å². The number of nitriles is 1. The first-order valence-electron chi connectivity index (χ1n) is 11.5. The lowest BCUT2D eigenvalue weighted by molar-refractivity contribution is -0.165. The van der Waals surface area contributed by atoms with Gasteiger partial charge >= 0.3 is 17.9 Å². The Morgan fingerprint density at radius 3 is 2.03 bits per heavy atom. The SMILES string of the molecule is CCOC(=O)C12CCC(NCC(=O)N3C[C@@H](F)C[C@H]3C#N)(CC1)CC2.O=C(O)[C@H](O)[C@@H](O)C(=O)O. The third kappa shape index (κ3) is 6.65. The molecule has 1 saturated heterocycles. The van der Waals surface area contributed by atoms with Crippen LogP contribution < -0.4 is 5.32 Å². The Kier molecular flexibility index (Phi) is 9.53. The summed E-state index contributed by atoms with van der Waals surface area (Å²) in [5.74, 6) is -3.83. The number of hydrogen-bond acceptors (Lipinski definition) is 9. The van der Waals surface area contributed by atoms with Crippen LogP contribution in [0, 0.1) is 16.7 Å². The normalized spacial score (nSPS) is 30.9. The van der Waals surface area contributed by atoms with E-state index in [0.717, 1.165) is 38.5 Å². The van der Waals surface area contributed by atoms with Crippen molar-refractivity contribution in [3.8, 4) is 6.07 Å². The Bertz CT molecular complexity index is 819. The van der Waals surface area contributed by atoms with E-state index < -0.39 is 36.4 Å². The van der Waals surface area contributed by atoms with E-state index in [1.807, 2.05) is 13.0 Å². The average Bonchev–Trinajstić information content (AvgIpc) is 3.24. The number of aliphatic hydroxyl groups excluding tert-OH is 2. The van der Waals surface area contributed by atoms with Crippen LogP contribution in [0.25, 0.3) is 0 Å². The van der Waals surface area contributed by atoms with Crippen LogP contribution in [-0.2, 0) is 23.9 Å². The zero-order valence-corrected chi connectivity index (χ0v) is 19.5. The molecule has 4 aliphatic rings. The molecule has 1 aliphatic heterocycles. The van der Waals surface area contributed by atoms with Crippen LogP contribution in [0.15, 0.2) is 0 Å². The Morgan fingerprint density at radius 2 is 1.60 bits per heavy atom. The third-order valence-corrected chi connectivity index (χ3v) is 7.09. The summed E-state index contributed by atoms with van der Waals surface area (Å²) in [4.78, 5) is 45.5. The lowest BCUT2D eigenvalue weighted by Crippen LogP contribution is -2.58. The van der Waals surface area contributed by atoms with Gasteiger partial charge in [-0.25, -0.2) is 14.0 Å². The molecular weight excluding hydrogens is 469 g/mol. The molecule has 0 unspecified atom stereocenters. The number of rotatable bonds is 8. The fraction of sp³-hybridized carbons (Fsp3) is 0.773. The molecule has 0 aromatic rings. The van der Waals surface area contributed by atoms with Gasteiger partial charge in [-0.15, -0.1) is 0 Å². The molecule has 0 aromatic heterocycles. The van der Waals surface area contributed by atoms with Gasteiger partial charge in [0.15, 0.2) is 12.2 Å². The predicted octanol–water partition coefficient (Wildman–Crippen LogP) is -0.428. The number of carboxylic acids is 2. The van der Waals surface area contributed by atoms with Crippen LogP contribution in [0.4, 0.5) is 4.39 Å². The van der Waals surface area contributed by atoms with Crippen LogP contribution in [0.3, 0.4) is 0 Å². The molecule has 3 aliphatic carbocycles. The largest absolute Gasteiger partial charge is 0.479 e. The molecule has 1 amide bonds. The average molecular weight is 502 g/mol. The van der Waals surface area contributed by atoms with E-state index >= 15 is 0 Å². The summed E-state index contributed by atoms with van der Waals surface area (Å²) in [6.45, 7) is 2.37. The van der Waals surface area contributed by atoms with Crippen LogP contribution in [0.2, 0.25) is 0 Å². The Balaban J connectivity index is 0.000000367. The minimum atomic E-state index is -2.27. The number of aliphatic hydroxyl groups is 2. The van der Waals surface area contributed by atoms with E-state index in [-0.39, 0.29) is 42.3 Å². The number of nitrogens with zero attached hydrogens (tertiary/aromatic N) is 2. The van der Waals surface area contributed by atoms with Crippen molar-refractivity contribution in [2.75, 3.05) is 19.7 Å².